The number of hydrogen-bond donors (Lipinski definition) is 1. The van der Waals surface area contributed by atoms with Crippen LogP contribution < -0.4 is 5.32 Å². The molecule has 0 amide bonds. The Bertz CT molecular complexity index is 435. The molecule has 1 unspecified atom stereocenters. The molecule has 1 N–H and O–H groups in total. The number of piperidine rings is 1. The Morgan fingerprint density at radius 3 is 2.89 bits per heavy atom. The maximum absolute atomic E-state index is 13.3. The van der Waals surface area contributed by atoms with E-state index in [2.05, 4.69) is 21.2 Å². The lowest BCUT2D eigenvalue weighted by Gasteiger charge is -2.32. The molecule has 1 aromatic carbocycles. The fraction of sp³-hybridized carbons (Fsp3) is 0.500. The Balaban J connectivity index is 2.10. The van der Waals surface area contributed by atoms with E-state index in [0.29, 0.717) is 10.9 Å². The monoisotopic (exact) mass is 313 g/mol. The van der Waals surface area contributed by atoms with Crippen molar-refractivity contribution in [2.24, 2.45) is 5.41 Å². The van der Waals surface area contributed by atoms with Crippen LogP contribution in [0, 0.1) is 11.2 Å². The number of benzene rings is 1. The molecule has 1 saturated heterocycles. The van der Waals surface area contributed by atoms with Crippen LogP contribution in [0.15, 0.2) is 22.7 Å². The molecule has 0 saturated carbocycles. The highest BCUT2D eigenvalue weighted by Gasteiger charge is 2.33. The normalized spacial score (nSPS) is 23.9. The Morgan fingerprint density at radius 2 is 2.28 bits per heavy atom. The van der Waals surface area contributed by atoms with Crippen LogP contribution in [0.25, 0.3) is 0 Å². The Labute approximate surface area is 115 Å². The molecule has 18 heavy (non-hydrogen) atoms. The summed E-state index contributed by atoms with van der Waals surface area (Å²) < 4.78 is 13.9. The van der Waals surface area contributed by atoms with Crippen molar-refractivity contribution in [1.29, 1.82) is 0 Å². The van der Waals surface area contributed by atoms with Gasteiger partial charge in [0.2, 0.25) is 0 Å². The molecule has 1 aliphatic rings. The highest BCUT2D eigenvalue weighted by Crippen LogP contribution is 2.28. The molecule has 2 rings (SSSR count). The van der Waals surface area contributed by atoms with Crippen molar-refractivity contribution in [3.05, 3.63) is 34.1 Å². The molecular formula is C14H17BrFNO. The standard InChI is InChI=1S/C14H17BrFNO/c1-14(3-2-4-17-9-14)13(18)7-10-5-11(15)8-12(16)6-10/h5-6,8,17H,2-4,7,9H2,1H3. The van der Waals surface area contributed by atoms with Crippen molar-refractivity contribution in [3.8, 4) is 0 Å². The van der Waals surface area contributed by atoms with Gasteiger partial charge in [-0.3, -0.25) is 4.79 Å². The lowest BCUT2D eigenvalue weighted by atomic mass is 9.77. The van der Waals surface area contributed by atoms with Crippen molar-refractivity contribution in [2.75, 3.05) is 13.1 Å². The molecule has 1 fully saturated rings. The van der Waals surface area contributed by atoms with E-state index in [1.54, 1.807) is 6.07 Å². The minimum Gasteiger partial charge on any atom is -0.316 e. The second kappa shape index (κ2) is 5.49. The molecule has 1 atom stereocenters. The molecule has 98 valence electrons. The van der Waals surface area contributed by atoms with Crippen molar-refractivity contribution >= 4 is 21.7 Å². The summed E-state index contributed by atoms with van der Waals surface area (Å²) in [5.41, 5.74) is 0.426. The van der Waals surface area contributed by atoms with Gasteiger partial charge in [-0.05, 0) is 43.1 Å². The number of rotatable bonds is 3. The largest absolute Gasteiger partial charge is 0.316 e. The molecule has 4 heteroatoms. The number of carbonyl (C=O) groups is 1. The number of carbonyl (C=O) groups excluding carboxylic acids is 1. The Hall–Kier alpha value is -0.740. The zero-order valence-electron chi connectivity index (χ0n) is 10.4. The number of nitrogens with one attached hydrogen (secondary N) is 1. The van der Waals surface area contributed by atoms with Crippen LogP contribution in [-0.4, -0.2) is 18.9 Å². The maximum atomic E-state index is 13.3. The van der Waals surface area contributed by atoms with Crippen molar-refractivity contribution in [2.45, 2.75) is 26.2 Å². The lowest BCUT2D eigenvalue weighted by Crippen LogP contribution is -2.44. The Kier molecular flexibility index (Phi) is 4.17. The number of Topliss-reactive ketones (excluding diaryl/α,β-unsaturated/α-hetero) is 1. The second-order valence-corrected chi connectivity index (χ2v) is 6.13. The molecule has 0 aliphatic carbocycles. The van der Waals surface area contributed by atoms with Gasteiger partial charge in [0.05, 0.1) is 0 Å². The summed E-state index contributed by atoms with van der Waals surface area (Å²) in [6.45, 7) is 3.70. The molecule has 1 heterocycles. The van der Waals surface area contributed by atoms with Gasteiger partial charge in [0, 0.05) is 22.9 Å². The average molecular weight is 314 g/mol. The van der Waals surface area contributed by atoms with E-state index >= 15 is 0 Å². The van der Waals surface area contributed by atoms with Gasteiger partial charge in [-0.15, -0.1) is 0 Å². The molecule has 0 spiro atoms. The summed E-state index contributed by atoms with van der Waals surface area (Å²) in [4.78, 5) is 12.3. The summed E-state index contributed by atoms with van der Waals surface area (Å²) >= 11 is 3.25. The van der Waals surface area contributed by atoms with Crippen LogP contribution in [0.2, 0.25) is 0 Å². The van der Waals surface area contributed by atoms with E-state index in [0.717, 1.165) is 31.5 Å². The third kappa shape index (κ3) is 3.18. The van der Waals surface area contributed by atoms with Crippen LogP contribution in [0.3, 0.4) is 0 Å². The lowest BCUT2D eigenvalue weighted by molar-refractivity contribution is -0.128. The number of ketones is 1. The van der Waals surface area contributed by atoms with Gasteiger partial charge in [-0.1, -0.05) is 22.9 Å². The van der Waals surface area contributed by atoms with Crippen molar-refractivity contribution in [3.63, 3.8) is 0 Å². The van der Waals surface area contributed by atoms with Gasteiger partial charge in [-0.25, -0.2) is 4.39 Å². The molecule has 2 nitrogen and oxygen atoms in total. The summed E-state index contributed by atoms with van der Waals surface area (Å²) in [5.74, 6) is -0.119. The highest BCUT2D eigenvalue weighted by molar-refractivity contribution is 9.10. The van der Waals surface area contributed by atoms with E-state index in [-0.39, 0.29) is 17.0 Å². The van der Waals surface area contributed by atoms with E-state index in [1.807, 2.05) is 6.92 Å². The molecule has 1 aromatic rings. The SMILES string of the molecule is CC1(C(=O)Cc2cc(F)cc(Br)c2)CCCNC1. The summed E-state index contributed by atoms with van der Waals surface area (Å²) in [7, 11) is 0. The third-order valence-electron chi connectivity index (χ3n) is 3.56. The predicted molar refractivity (Wildman–Crippen MR) is 73.0 cm³/mol. The van der Waals surface area contributed by atoms with E-state index in [9.17, 15) is 9.18 Å². The van der Waals surface area contributed by atoms with Gasteiger partial charge in [-0.2, -0.15) is 0 Å². The minimum atomic E-state index is -0.308. The number of hydrogen-bond acceptors (Lipinski definition) is 2. The molecule has 0 bridgehead atoms. The van der Waals surface area contributed by atoms with Crippen LogP contribution in [-0.2, 0) is 11.2 Å². The summed E-state index contributed by atoms with van der Waals surface area (Å²) in [6.07, 6.45) is 2.24. The van der Waals surface area contributed by atoms with Gasteiger partial charge >= 0.3 is 0 Å². The van der Waals surface area contributed by atoms with Crippen LogP contribution in [0.4, 0.5) is 4.39 Å². The first-order chi connectivity index (χ1) is 8.49. The van der Waals surface area contributed by atoms with Crippen LogP contribution >= 0.6 is 15.9 Å². The predicted octanol–water partition coefficient (Wildman–Crippen LogP) is 3.09. The quantitative estimate of drug-likeness (QED) is 0.929. The maximum Gasteiger partial charge on any atom is 0.144 e. The number of halogens is 2. The summed E-state index contributed by atoms with van der Waals surface area (Å²) in [6, 6.07) is 4.64. The van der Waals surface area contributed by atoms with Crippen molar-refractivity contribution in [1.82, 2.24) is 5.32 Å². The first kappa shape index (κ1) is 13.7. The van der Waals surface area contributed by atoms with Gasteiger partial charge in [0.25, 0.3) is 0 Å². The van der Waals surface area contributed by atoms with Gasteiger partial charge in [0.15, 0.2) is 0 Å². The zero-order chi connectivity index (χ0) is 13.2. The van der Waals surface area contributed by atoms with E-state index in [1.165, 1.54) is 12.1 Å². The first-order valence-corrected chi connectivity index (χ1v) is 6.98. The van der Waals surface area contributed by atoms with E-state index < -0.39 is 0 Å². The highest BCUT2D eigenvalue weighted by atomic mass is 79.9. The van der Waals surface area contributed by atoms with Gasteiger partial charge in [0.1, 0.15) is 11.6 Å². The molecule has 1 aliphatic heterocycles. The second-order valence-electron chi connectivity index (χ2n) is 5.22. The average Bonchev–Trinajstić information content (AvgIpc) is 2.28. The minimum absolute atomic E-state index is 0.187. The van der Waals surface area contributed by atoms with Crippen LogP contribution in [0.1, 0.15) is 25.3 Å². The fourth-order valence-electron chi connectivity index (χ4n) is 2.41. The third-order valence-corrected chi connectivity index (χ3v) is 4.02. The first-order valence-electron chi connectivity index (χ1n) is 6.19. The topological polar surface area (TPSA) is 29.1 Å². The van der Waals surface area contributed by atoms with Gasteiger partial charge < -0.3 is 5.32 Å². The van der Waals surface area contributed by atoms with Crippen molar-refractivity contribution < 1.29 is 9.18 Å². The molecule has 0 radical (unpaired) electrons. The smallest absolute Gasteiger partial charge is 0.144 e. The zero-order valence-corrected chi connectivity index (χ0v) is 12.0. The fourth-order valence-corrected chi connectivity index (χ4v) is 2.92. The van der Waals surface area contributed by atoms with Crippen LogP contribution in [0.5, 0.6) is 0 Å². The van der Waals surface area contributed by atoms with E-state index in [4.69, 9.17) is 0 Å². The molecular weight excluding hydrogens is 297 g/mol. The summed E-state index contributed by atoms with van der Waals surface area (Å²) in [5, 5.41) is 3.26. The Morgan fingerprint density at radius 1 is 1.50 bits per heavy atom. The molecule has 0 aromatic heterocycles.